The molecule has 0 aliphatic carbocycles. The van der Waals surface area contributed by atoms with Crippen molar-refractivity contribution < 1.29 is 82.5 Å². The molecule has 92 heavy (non-hydrogen) atoms. The molecule has 10 atom stereocenters. The van der Waals surface area contributed by atoms with Crippen LogP contribution in [0, 0.1) is 0 Å². The van der Waals surface area contributed by atoms with E-state index in [2.05, 4.69) is 36.2 Å². The van der Waals surface area contributed by atoms with E-state index in [9.17, 15) is 44.5 Å². The van der Waals surface area contributed by atoms with E-state index in [-0.39, 0.29) is 105 Å². The van der Waals surface area contributed by atoms with Gasteiger partial charge in [0.25, 0.3) is 17.7 Å². The summed E-state index contributed by atoms with van der Waals surface area (Å²) in [5, 5.41) is 65.4. The first-order valence-corrected chi connectivity index (χ1v) is 32.5. The van der Waals surface area contributed by atoms with E-state index < -0.39 is 127 Å². The van der Waals surface area contributed by atoms with Gasteiger partial charge in [-0.15, -0.1) is 56.7 Å². The van der Waals surface area contributed by atoms with Gasteiger partial charge in [0.15, 0.2) is 24.4 Å². The number of allylic oxidation sites excluding steroid dienone is 1. The number of aldehydes is 1. The first kappa shape index (κ1) is 63.6. The van der Waals surface area contributed by atoms with Crippen LogP contribution in [-0.2, 0) is 51.2 Å². The molecule has 8 N–H and O–H groups in total. The number of rotatable bonds is 7. The number of benzene rings is 1. The maximum Gasteiger partial charge on any atom is 0.358 e. The summed E-state index contributed by atoms with van der Waals surface area (Å²) < 4.78 is 38.2. The van der Waals surface area contributed by atoms with Gasteiger partial charge in [-0.2, -0.15) is 4.73 Å². The second-order valence-corrected chi connectivity index (χ2v) is 26.5. The number of hydrogen-bond donors (Lipinski definition) is 8. The summed E-state index contributed by atoms with van der Waals surface area (Å²) in [4.78, 5) is 130. The summed E-state index contributed by atoms with van der Waals surface area (Å²) >= 11 is 4.72. The number of carbonyl (C=O) groups excluding carboxylic acids is 7. The third kappa shape index (κ3) is 12.1. The van der Waals surface area contributed by atoms with Gasteiger partial charge >= 0.3 is 11.9 Å². The van der Waals surface area contributed by atoms with Crippen molar-refractivity contribution in [3.05, 3.63) is 112 Å². The lowest BCUT2D eigenvalue weighted by Gasteiger charge is -2.48. The summed E-state index contributed by atoms with van der Waals surface area (Å²) in [5.74, 6) is -6.13. The molecule has 11 heterocycles. The minimum Gasteiger partial charge on any atom is -0.506 e. The quantitative estimate of drug-likeness (QED) is 0.0451. The Kier molecular flexibility index (Phi) is 17.6. The van der Waals surface area contributed by atoms with Gasteiger partial charge in [0, 0.05) is 49.8 Å². The molecule has 1 aromatic carbocycles. The fourth-order valence-electron chi connectivity index (χ4n) is 11.4. The van der Waals surface area contributed by atoms with Crippen LogP contribution in [0.3, 0.4) is 0 Å². The Hall–Kier alpha value is -8.55. The zero-order valence-electron chi connectivity index (χ0n) is 49.5. The number of pyridine rings is 1. The van der Waals surface area contributed by atoms with Crippen molar-refractivity contribution in [2.45, 2.75) is 108 Å². The average molecular weight is 1350 g/mol. The van der Waals surface area contributed by atoms with Crippen molar-refractivity contribution >= 4 is 115 Å². The van der Waals surface area contributed by atoms with E-state index in [0.717, 1.165) is 56.7 Å². The molecule has 4 aliphatic heterocycles. The van der Waals surface area contributed by atoms with Crippen molar-refractivity contribution in [2.75, 3.05) is 27.8 Å². The van der Waals surface area contributed by atoms with E-state index >= 15 is 9.59 Å². The van der Waals surface area contributed by atoms with E-state index in [0.29, 0.717) is 16.6 Å². The number of fused-ring (bicyclic) bond motifs is 15. The Balaban J connectivity index is 1.05. The molecule has 12 rings (SSSR count). The third-order valence-electron chi connectivity index (χ3n) is 15.7. The Bertz CT molecular complexity index is 4300. The summed E-state index contributed by atoms with van der Waals surface area (Å²) in [6, 6.07) is 0.868. The van der Waals surface area contributed by atoms with Crippen LogP contribution >= 0.6 is 56.7 Å². The van der Waals surface area contributed by atoms with Gasteiger partial charge in [-0.1, -0.05) is 12.1 Å². The Morgan fingerprint density at radius 2 is 1.51 bits per heavy atom. The molecule has 12 bridgehead atoms. The lowest BCUT2D eigenvalue weighted by molar-refractivity contribution is -0.280. The number of amides is 4. The van der Waals surface area contributed by atoms with Gasteiger partial charge < -0.3 is 75.1 Å². The predicted octanol–water partition coefficient (Wildman–Crippen LogP) is 4.98. The molecule has 1 saturated heterocycles. The topological polar surface area (TPSA) is 389 Å². The summed E-state index contributed by atoms with van der Waals surface area (Å²) in [5.41, 5.74) is -2.03. The molecule has 480 valence electrons. The Morgan fingerprint density at radius 3 is 2.23 bits per heavy atom. The molecule has 29 nitrogen and oxygen atoms in total. The molecule has 0 spiro atoms. The van der Waals surface area contributed by atoms with Crippen LogP contribution in [0.1, 0.15) is 125 Å². The number of esters is 2. The van der Waals surface area contributed by atoms with E-state index in [1.165, 1.54) is 54.6 Å². The largest absolute Gasteiger partial charge is 0.506 e. The van der Waals surface area contributed by atoms with Gasteiger partial charge in [-0.25, -0.2) is 39.5 Å². The number of aliphatic hydroxyl groups excluding tert-OH is 1. The molecule has 0 saturated carbocycles. The average Bonchev–Trinajstić information content (AvgIpc) is 1.56. The first-order chi connectivity index (χ1) is 44.0. The second kappa shape index (κ2) is 25.5. The normalized spacial score (nSPS) is 24.9. The molecule has 34 heteroatoms. The number of likely N-dealkylation sites (N-methyl/N-ethyl adjacent to an activating group) is 1. The van der Waals surface area contributed by atoms with Gasteiger partial charge in [-0.3, -0.25) is 24.0 Å². The monoisotopic (exact) mass is 1350 g/mol. The van der Waals surface area contributed by atoms with Gasteiger partial charge in [-0.05, 0) is 59.5 Å². The van der Waals surface area contributed by atoms with Crippen LogP contribution in [-0.4, -0.2) is 178 Å². The number of aromatic nitrogens is 7. The number of nitrogens with one attached hydrogen (secondary N) is 4. The molecule has 4 amide bonds. The molecular weight excluding hydrogens is 1300 g/mol. The van der Waals surface area contributed by atoms with Gasteiger partial charge in [0.2, 0.25) is 5.91 Å². The summed E-state index contributed by atoms with van der Waals surface area (Å²) in [6.07, 6.45) is -6.90. The summed E-state index contributed by atoms with van der Waals surface area (Å²) in [7, 11) is 4.86. The van der Waals surface area contributed by atoms with E-state index in [1.54, 1.807) is 50.4 Å². The highest BCUT2D eigenvalue weighted by molar-refractivity contribution is 7.14. The minimum absolute atomic E-state index is 0.000461. The van der Waals surface area contributed by atoms with Crippen molar-refractivity contribution in [1.82, 2.24) is 60.8 Å². The number of aromatic hydroxyl groups is 1. The van der Waals surface area contributed by atoms with Crippen LogP contribution < -0.4 is 21.3 Å². The van der Waals surface area contributed by atoms with Crippen LogP contribution in [0.2, 0.25) is 0 Å². The van der Waals surface area contributed by atoms with Crippen LogP contribution in [0.4, 0.5) is 0 Å². The molecule has 4 aliphatic rings. The van der Waals surface area contributed by atoms with Gasteiger partial charge in [0.1, 0.15) is 120 Å². The first-order valence-electron chi connectivity index (χ1n) is 28.1. The number of ether oxygens (including phenoxy) is 6. The fraction of sp³-hybridized carbons (Fsp3) is 0.362. The summed E-state index contributed by atoms with van der Waals surface area (Å²) in [6.45, 7) is 4.37. The lowest BCUT2D eigenvalue weighted by Crippen LogP contribution is -2.62. The van der Waals surface area contributed by atoms with E-state index in [4.69, 9.17) is 43.4 Å². The highest BCUT2D eigenvalue weighted by Crippen LogP contribution is 2.43. The van der Waals surface area contributed by atoms with Crippen molar-refractivity contribution in [3.63, 3.8) is 0 Å². The zero-order chi connectivity index (χ0) is 65.2. The van der Waals surface area contributed by atoms with Crippen molar-refractivity contribution in [2.24, 2.45) is 0 Å². The lowest BCUT2D eigenvalue weighted by atomic mass is 9.85. The Labute approximate surface area is 541 Å². The van der Waals surface area contributed by atoms with Gasteiger partial charge in [0.05, 0.1) is 43.1 Å². The minimum atomic E-state index is -1.90. The third-order valence-corrected chi connectivity index (χ3v) is 20.2. The Morgan fingerprint density at radius 1 is 0.837 bits per heavy atom. The number of carbonyl (C=O) groups is 7. The van der Waals surface area contributed by atoms with Crippen LogP contribution in [0.15, 0.2) is 56.9 Å². The van der Waals surface area contributed by atoms with Crippen molar-refractivity contribution in [3.8, 4) is 38.4 Å². The number of thiazole rings is 5. The van der Waals surface area contributed by atoms with Crippen LogP contribution in [0.5, 0.6) is 5.75 Å². The smallest absolute Gasteiger partial charge is 0.358 e. The number of methoxy groups -OCH3 is 1. The molecular formula is C58H56N12O17S5. The number of cyclic esters (lactones) is 2. The SMILES string of the molecule is CO/C(C)=C1/NC(=O)C(C(C)O)NC(=O)c2csc(n2)-c2cc(O)c(-c3nc(C=O)cs3)nc2-c2csc(n2)C2COC(=O)c3c4c5c(cccc5n3O)COC(=O)C(OC3CC(C)(O)C(N(C)C)C(C)O3)C(OC4)C(NC(=O)c3csc1n3)c1nc(cs1)C(=O)N2. The number of aliphatic hydroxyl groups is 2. The maximum atomic E-state index is 15.1. The predicted molar refractivity (Wildman–Crippen MR) is 330 cm³/mol. The molecule has 7 aromatic heterocycles. The van der Waals surface area contributed by atoms with E-state index in [1.807, 2.05) is 0 Å². The highest BCUT2D eigenvalue weighted by Gasteiger charge is 2.50. The van der Waals surface area contributed by atoms with Crippen LogP contribution in [0.25, 0.3) is 49.3 Å². The maximum absolute atomic E-state index is 15.1. The fourth-order valence-corrected chi connectivity index (χ4v) is 15.6. The van der Waals surface area contributed by atoms with Crippen molar-refractivity contribution in [1.29, 1.82) is 0 Å². The molecule has 0 radical (unpaired) electrons. The molecule has 1 fully saturated rings. The molecule has 10 unspecified atom stereocenters. The standard InChI is InChI=1S/C58H56N12O17S5/c1-22(72)38-50(77)67-39(23(2)82-7)53-63-33(21-91-53)49(76)68-42-44-45(87-36-12-58(4,80)46(69(5)6)24(3)86-36)57(79)84-14-25-9-8-10-34-37(25)28(15-83-44)43(70(34)81)56(78)85-16-29(60-47(74)31-20-92-55(42)64-31)52-61-30(18-90-52)40-27(51-62-32(19-89-51)48(75)66-38)11-35(73)41(65-40)54-59-26(13-71)17-88-54/h8-11,13,17-22,24,29,36,38,42,44-46,72-73,80-81H,12,14-16H2,1-7H3,(H,60,74)(H,66,75)(H,67,77)(H,68,76)/b39-23+. The zero-order valence-corrected chi connectivity index (χ0v) is 53.6. The number of nitrogens with zero attached hydrogens (tertiary/aromatic N) is 8. The molecule has 8 aromatic rings. The second-order valence-electron chi connectivity index (χ2n) is 22.2. The highest BCUT2D eigenvalue weighted by atomic mass is 32.1. The number of hydrogen-bond acceptors (Lipinski definition) is 29.